The number of phenols is 1. The van der Waals surface area contributed by atoms with Crippen molar-refractivity contribution in [2.45, 2.75) is 23.2 Å². The number of aryl methyl sites for hydroxylation is 1. The normalized spacial score (nSPS) is 10.9. The van der Waals surface area contributed by atoms with Crippen LogP contribution in [-0.4, -0.2) is 37.0 Å². The van der Waals surface area contributed by atoms with Crippen LogP contribution in [0.25, 0.3) is 0 Å². The van der Waals surface area contributed by atoms with E-state index in [1.54, 1.807) is 12.1 Å². The Bertz CT molecular complexity index is 405. The van der Waals surface area contributed by atoms with Crippen LogP contribution in [0.3, 0.4) is 0 Å². The van der Waals surface area contributed by atoms with E-state index in [0.29, 0.717) is 5.75 Å². The van der Waals surface area contributed by atoms with Crippen LogP contribution in [-0.2, 0) is 16.8 Å². The van der Waals surface area contributed by atoms with E-state index in [0.717, 1.165) is 0 Å². The first-order valence-corrected chi connectivity index (χ1v) is 12.0. The van der Waals surface area contributed by atoms with Crippen LogP contribution in [0, 0.1) is 0 Å². The molecule has 0 aliphatic carbocycles. The van der Waals surface area contributed by atoms with Crippen LogP contribution >= 0.6 is 0 Å². The molecule has 1 aromatic carbocycles. The molecule has 7 heteroatoms. The third-order valence-electron chi connectivity index (χ3n) is 1.85. The molecule has 0 aliphatic rings. The molecule has 0 fully saturated rings. The second-order valence-electron chi connectivity index (χ2n) is 3.82. The molecule has 3 N–H and O–H groups in total. The molecule has 1 rings (SSSR count). The molecule has 0 saturated heterocycles. The Kier molecular flexibility index (Phi) is 7.44. The first-order chi connectivity index (χ1) is 7.68. The maximum absolute atomic E-state index is 9.04. The minimum absolute atomic E-state index is 0.364. The predicted octanol–water partition coefficient (Wildman–Crippen LogP) is 2.04. The maximum atomic E-state index is 9.04. The Labute approximate surface area is 106 Å². The van der Waals surface area contributed by atoms with Crippen molar-refractivity contribution in [3.05, 3.63) is 29.8 Å². The van der Waals surface area contributed by atoms with Crippen molar-refractivity contribution >= 4 is 24.7 Å². The Morgan fingerprint density at radius 1 is 1.12 bits per heavy atom. The predicted molar refractivity (Wildman–Crippen MR) is 68.3 cm³/mol. The minimum atomic E-state index is -4.67. The molecule has 0 amide bonds. The van der Waals surface area contributed by atoms with E-state index in [1.165, 1.54) is 17.2 Å². The van der Waals surface area contributed by atoms with Gasteiger partial charge in [0.1, 0.15) is 0 Å². The summed E-state index contributed by atoms with van der Waals surface area (Å²) in [4.78, 5) is 0. The summed E-state index contributed by atoms with van der Waals surface area (Å²) in [6, 6.07) is 7.55. The van der Waals surface area contributed by atoms with E-state index in [9.17, 15) is 0 Å². The van der Waals surface area contributed by atoms with Gasteiger partial charge < -0.3 is 0 Å². The summed E-state index contributed by atoms with van der Waals surface area (Å²) in [6.07, 6.45) is 1.18. The molecule has 0 bridgehead atoms. The van der Waals surface area contributed by atoms with Crippen molar-refractivity contribution in [2.75, 3.05) is 0 Å². The fraction of sp³-hybridized carbons (Fsp3) is 0.400. The summed E-state index contributed by atoms with van der Waals surface area (Å²) < 4.78 is 31.6. The van der Waals surface area contributed by atoms with Gasteiger partial charge in [-0.1, -0.05) is 0 Å². The van der Waals surface area contributed by atoms with Crippen molar-refractivity contribution in [1.82, 2.24) is 0 Å². The molecule has 97 valence electrons. The molecule has 0 atom stereocenters. The SMILES string of the molecule is O=S(=O)(O)O.[CH3][Ge]([CH3])[CH2]Cc1ccc(O)cc1. The molecule has 0 aromatic heterocycles. The van der Waals surface area contributed by atoms with Gasteiger partial charge in [-0.05, 0) is 0 Å². The molecule has 0 heterocycles. The van der Waals surface area contributed by atoms with E-state index in [2.05, 4.69) is 11.5 Å². The van der Waals surface area contributed by atoms with E-state index >= 15 is 0 Å². The number of rotatable bonds is 3. The fourth-order valence-corrected chi connectivity index (χ4v) is 2.71. The van der Waals surface area contributed by atoms with Gasteiger partial charge in [0.2, 0.25) is 0 Å². The van der Waals surface area contributed by atoms with Crippen molar-refractivity contribution in [3.8, 4) is 5.75 Å². The molecule has 0 spiro atoms. The second kappa shape index (κ2) is 7.70. The molecule has 0 unspecified atom stereocenters. The number of hydrogen-bond acceptors (Lipinski definition) is 3. The van der Waals surface area contributed by atoms with Gasteiger partial charge >= 0.3 is 88.6 Å². The van der Waals surface area contributed by atoms with Crippen LogP contribution in [0.2, 0.25) is 16.8 Å². The summed E-state index contributed by atoms with van der Waals surface area (Å²) in [6.45, 7) is 0. The molecule has 1 aromatic rings. The van der Waals surface area contributed by atoms with Crippen LogP contribution in [0.4, 0.5) is 0 Å². The second-order valence-corrected chi connectivity index (χ2v) is 10.8. The third-order valence-corrected chi connectivity index (χ3v) is 4.47. The summed E-state index contributed by atoms with van der Waals surface area (Å²) >= 11 is -0.648. The average molecular weight is 322 g/mol. The Hall–Kier alpha value is -0.567. The Morgan fingerprint density at radius 2 is 1.53 bits per heavy atom. The van der Waals surface area contributed by atoms with Gasteiger partial charge in [0.05, 0.1) is 0 Å². The van der Waals surface area contributed by atoms with E-state index in [1.807, 2.05) is 12.1 Å². The summed E-state index contributed by atoms with van der Waals surface area (Å²) in [5, 5.41) is 10.4. The fourth-order valence-electron chi connectivity index (χ4n) is 1.06. The topological polar surface area (TPSA) is 94.8 Å². The van der Waals surface area contributed by atoms with Gasteiger partial charge in [-0.3, -0.25) is 9.11 Å². The quantitative estimate of drug-likeness (QED) is 0.585. The monoisotopic (exact) mass is 323 g/mol. The summed E-state index contributed by atoms with van der Waals surface area (Å²) in [7, 11) is -4.67. The molecule has 1 radical (unpaired) electrons. The van der Waals surface area contributed by atoms with Crippen LogP contribution in [0.15, 0.2) is 24.3 Å². The van der Waals surface area contributed by atoms with E-state index in [-0.39, 0.29) is 0 Å². The van der Waals surface area contributed by atoms with Gasteiger partial charge in [-0.15, -0.1) is 0 Å². The number of hydrogen-bond donors (Lipinski definition) is 3. The zero-order valence-corrected chi connectivity index (χ0v) is 12.7. The number of aromatic hydroxyl groups is 1. The molecule has 17 heavy (non-hydrogen) atoms. The zero-order valence-electron chi connectivity index (χ0n) is 9.79. The van der Waals surface area contributed by atoms with Crippen molar-refractivity contribution in [3.63, 3.8) is 0 Å². The number of benzene rings is 1. The van der Waals surface area contributed by atoms with Gasteiger partial charge in [0.25, 0.3) is 0 Å². The average Bonchev–Trinajstić information content (AvgIpc) is 2.14. The zero-order chi connectivity index (χ0) is 13.5. The summed E-state index contributed by atoms with van der Waals surface area (Å²) in [5.41, 5.74) is 1.35. The number of phenolic OH excluding ortho intramolecular Hbond substituents is 1. The van der Waals surface area contributed by atoms with E-state index < -0.39 is 24.7 Å². The molecule has 0 saturated carbocycles. The first kappa shape index (κ1) is 16.4. The van der Waals surface area contributed by atoms with Crippen LogP contribution in [0.5, 0.6) is 5.75 Å². The molecule has 5 nitrogen and oxygen atoms in total. The molecular weight excluding hydrogens is 305 g/mol. The van der Waals surface area contributed by atoms with Crippen molar-refractivity contribution in [2.24, 2.45) is 0 Å². The van der Waals surface area contributed by atoms with Crippen molar-refractivity contribution in [1.29, 1.82) is 0 Å². The summed E-state index contributed by atoms with van der Waals surface area (Å²) in [5.74, 6) is 5.14. The Morgan fingerprint density at radius 3 is 1.88 bits per heavy atom. The third kappa shape index (κ3) is 13.4. The first-order valence-electron chi connectivity index (χ1n) is 4.95. The molecule has 0 aliphatic heterocycles. The van der Waals surface area contributed by atoms with E-state index in [4.69, 9.17) is 22.6 Å². The van der Waals surface area contributed by atoms with Gasteiger partial charge in [0.15, 0.2) is 0 Å². The van der Waals surface area contributed by atoms with Crippen molar-refractivity contribution < 1.29 is 22.6 Å². The van der Waals surface area contributed by atoms with Crippen LogP contribution in [0.1, 0.15) is 5.56 Å². The van der Waals surface area contributed by atoms with Gasteiger partial charge in [0, 0.05) is 0 Å². The standard InChI is InChI=1S/C10H15GeO.H2O4S/c1-11(2)8-7-9-3-5-10(12)6-4-9;1-5(2,3)4/h3-6,12H,7-8H2,1-2H3;(H2,1,2,3,4). The van der Waals surface area contributed by atoms with Crippen LogP contribution < -0.4 is 0 Å². The van der Waals surface area contributed by atoms with Gasteiger partial charge in [-0.25, -0.2) is 0 Å². The van der Waals surface area contributed by atoms with Gasteiger partial charge in [-0.2, -0.15) is 8.42 Å². The molecular formula is C10H17GeO5S. The Balaban J connectivity index is 0.000000437.